The van der Waals surface area contributed by atoms with E-state index in [0.717, 1.165) is 19.6 Å². The number of rotatable bonds is 7. The molecule has 0 aliphatic carbocycles. The van der Waals surface area contributed by atoms with E-state index in [1.165, 1.54) is 24.3 Å². The second kappa shape index (κ2) is 9.38. The first-order chi connectivity index (χ1) is 13.4. The topological polar surface area (TPSA) is 87.7 Å². The first kappa shape index (κ1) is 20.6. The van der Waals surface area contributed by atoms with Crippen molar-refractivity contribution in [3.63, 3.8) is 0 Å². The van der Waals surface area contributed by atoms with E-state index in [2.05, 4.69) is 14.9 Å². The molecule has 0 unspecified atom stereocenters. The molecular formula is C19H22ClN3O4S. The van der Waals surface area contributed by atoms with Crippen LogP contribution in [0.15, 0.2) is 53.4 Å². The zero-order valence-corrected chi connectivity index (χ0v) is 16.8. The molecule has 1 amide bonds. The lowest BCUT2D eigenvalue weighted by atomic mass is 10.2. The minimum absolute atomic E-state index is 0.0762. The van der Waals surface area contributed by atoms with Crippen LogP contribution in [0.5, 0.6) is 0 Å². The molecule has 1 saturated heterocycles. The summed E-state index contributed by atoms with van der Waals surface area (Å²) in [6, 6.07) is 12.2. The maximum atomic E-state index is 12.5. The summed E-state index contributed by atoms with van der Waals surface area (Å²) < 4.78 is 32.7. The molecule has 7 nitrogen and oxygen atoms in total. The number of morpholine rings is 1. The molecule has 9 heteroatoms. The number of benzene rings is 2. The van der Waals surface area contributed by atoms with E-state index in [-0.39, 0.29) is 10.8 Å². The predicted octanol–water partition coefficient (Wildman–Crippen LogP) is 2.20. The van der Waals surface area contributed by atoms with Crippen LogP contribution in [0.25, 0.3) is 0 Å². The van der Waals surface area contributed by atoms with Gasteiger partial charge >= 0.3 is 0 Å². The number of carbonyl (C=O) groups is 1. The maximum Gasteiger partial charge on any atom is 0.261 e. The van der Waals surface area contributed by atoms with Crippen LogP contribution in [0.3, 0.4) is 0 Å². The van der Waals surface area contributed by atoms with Crippen LogP contribution in [-0.4, -0.2) is 58.6 Å². The molecule has 1 heterocycles. The molecule has 0 atom stereocenters. The summed E-state index contributed by atoms with van der Waals surface area (Å²) in [6.45, 7) is 4.44. The third kappa shape index (κ3) is 5.68. The molecule has 2 N–H and O–H groups in total. The van der Waals surface area contributed by atoms with Gasteiger partial charge in [-0.25, -0.2) is 8.42 Å². The maximum absolute atomic E-state index is 12.5. The standard InChI is InChI=1S/C19H22ClN3O4S/c20-16-3-5-17(6-4-16)22-28(25,26)18-7-1-15(2-8-18)19(24)21-9-10-23-11-13-27-14-12-23/h1-8,22H,9-14H2,(H,21,24). The molecule has 0 spiro atoms. The fourth-order valence-corrected chi connectivity index (χ4v) is 3.96. The quantitative estimate of drug-likeness (QED) is 0.712. The Morgan fingerprint density at radius 3 is 2.32 bits per heavy atom. The van der Waals surface area contributed by atoms with Crippen LogP contribution in [-0.2, 0) is 14.8 Å². The Labute approximate surface area is 169 Å². The van der Waals surface area contributed by atoms with Gasteiger partial charge in [0.15, 0.2) is 0 Å². The van der Waals surface area contributed by atoms with E-state index >= 15 is 0 Å². The monoisotopic (exact) mass is 423 g/mol. The first-order valence-corrected chi connectivity index (χ1v) is 10.8. The lowest BCUT2D eigenvalue weighted by Crippen LogP contribution is -2.41. The summed E-state index contributed by atoms with van der Waals surface area (Å²) in [4.78, 5) is 14.5. The van der Waals surface area contributed by atoms with E-state index in [1.807, 2.05) is 0 Å². The van der Waals surface area contributed by atoms with Crippen molar-refractivity contribution >= 4 is 33.2 Å². The Morgan fingerprint density at radius 2 is 1.68 bits per heavy atom. The zero-order valence-electron chi connectivity index (χ0n) is 15.2. The Balaban J connectivity index is 1.55. The highest BCUT2D eigenvalue weighted by atomic mass is 35.5. The van der Waals surface area contributed by atoms with Gasteiger partial charge in [-0.3, -0.25) is 14.4 Å². The highest BCUT2D eigenvalue weighted by Crippen LogP contribution is 2.18. The Morgan fingerprint density at radius 1 is 1.04 bits per heavy atom. The predicted molar refractivity (Wildman–Crippen MR) is 108 cm³/mol. The molecule has 28 heavy (non-hydrogen) atoms. The van der Waals surface area contributed by atoms with Crippen LogP contribution in [0.2, 0.25) is 5.02 Å². The van der Waals surface area contributed by atoms with E-state index in [0.29, 0.717) is 36.0 Å². The lowest BCUT2D eigenvalue weighted by molar-refractivity contribution is 0.0383. The molecule has 0 aromatic heterocycles. The van der Waals surface area contributed by atoms with Crippen LogP contribution < -0.4 is 10.0 Å². The number of halogens is 1. The molecule has 3 rings (SSSR count). The Hall–Kier alpha value is -2.13. The van der Waals surface area contributed by atoms with Crippen molar-refractivity contribution in [2.75, 3.05) is 44.1 Å². The summed E-state index contributed by atoms with van der Waals surface area (Å²) in [6.07, 6.45) is 0. The highest BCUT2D eigenvalue weighted by Gasteiger charge is 2.16. The fourth-order valence-electron chi connectivity index (χ4n) is 2.77. The number of ether oxygens (including phenoxy) is 1. The third-order valence-electron chi connectivity index (χ3n) is 4.34. The van der Waals surface area contributed by atoms with Crippen molar-refractivity contribution in [1.82, 2.24) is 10.2 Å². The number of nitrogens with one attached hydrogen (secondary N) is 2. The second-order valence-corrected chi connectivity index (χ2v) is 8.47. The molecule has 1 aliphatic heterocycles. The van der Waals surface area contributed by atoms with Gasteiger partial charge in [-0.05, 0) is 48.5 Å². The van der Waals surface area contributed by atoms with Gasteiger partial charge in [-0.15, -0.1) is 0 Å². The van der Waals surface area contributed by atoms with Crippen molar-refractivity contribution in [3.05, 3.63) is 59.1 Å². The normalized spacial score (nSPS) is 15.2. The highest BCUT2D eigenvalue weighted by molar-refractivity contribution is 7.92. The van der Waals surface area contributed by atoms with E-state index in [9.17, 15) is 13.2 Å². The molecule has 0 saturated carbocycles. The Bertz CT molecular complexity index is 896. The molecule has 1 aliphatic rings. The molecule has 2 aromatic rings. The fraction of sp³-hybridized carbons (Fsp3) is 0.316. The summed E-state index contributed by atoms with van der Waals surface area (Å²) in [5.74, 6) is -0.233. The van der Waals surface area contributed by atoms with Gasteiger partial charge in [-0.1, -0.05) is 11.6 Å². The average molecular weight is 424 g/mol. The van der Waals surface area contributed by atoms with Gasteiger partial charge in [0.1, 0.15) is 0 Å². The number of nitrogens with zero attached hydrogens (tertiary/aromatic N) is 1. The molecule has 0 bridgehead atoms. The lowest BCUT2D eigenvalue weighted by Gasteiger charge is -2.26. The molecule has 0 radical (unpaired) electrons. The number of hydrogen-bond acceptors (Lipinski definition) is 5. The van der Waals surface area contributed by atoms with E-state index < -0.39 is 10.0 Å². The Kier molecular flexibility index (Phi) is 6.90. The number of carbonyl (C=O) groups excluding carboxylic acids is 1. The largest absolute Gasteiger partial charge is 0.379 e. The summed E-state index contributed by atoms with van der Waals surface area (Å²) in [5.41, 5.74) is 0.821. The van der Waals surface area contributed by atoms with Crippen molar-refractivity contribution in [1.29, 1.82) is 0 Å². The van der Waals surface area contributed by atoms with Crippen molar-refractivity contribution < 1.29 is 17.9 Å². The number of hydrogen-bond donors (Lipinski definition) is 2. The number of sulfonamides is 1. The summed E-state index contributed by atoms with van der Waals surface area (Å²) in [7, 11) is -3.74. The van der Waals surface area contributed by atoms with Crippen LogP contribution >= 0.6 is 11.6 Å². The van der Waals surface area contributed by atoms with E-state index in [1.54, 1.807) is 24.3 Å². The van der Waals surface area contributed by atoms with Crippen molar-refractivity contribution in [3.8, 4) is 0 Å². The first-order valence-electron chi connectivity index (χ1n) is 8.91. The second-order valence-electron chi connectivity index (χ2n) is 6.35. The molecule has 1 fully saturated rings. The molecule has 2 aromatic carbocycles. The van der Waals surface area contributed by atoms with Crippen molar-refractivity contribution in [2.45, 2.75) is 4.90 Å². The average Bonchev–Trinajstić information content (AvgIpc) is 2.70. The van der Waals surface area contributed by atoms with Gasteiger partial charge in [0.2, 0.25) is 0 Å². The van der Waals surface area contributed by atoms with Crippen LogP contribution in [0, 0.1) is 0 Å². The minimum atomic E-state index is -3.74. The van der Waals surface area contributed by atoms with Crippen LogP contribution in [0.4, 0.5) is 5.69 Å². The SMILES string of the molecule is O=C(NCCN1CCOCC1)c1ccc(S(=O)(=O)Nc2ccc(Cl)cc2)cc1. The van der Waals surface area contributed by atoms with Crippen molar-refractivity contribution in [2.24, 2.45) is 0 Å². The van der Waals surface area contributed by atoms with Crippen LogP contribution in [0.1, 0.15) is 10.4 Å². The zero-order chi connectivity index (χ0) is 20.0. The number of anilines is 1. The van der Waals surface area contributed by atoms with E-state index in [4.69, 9.17) is 16.3 Å². The smallest absolute Gasteiger partial charge is 0.261 e. The molecule has 150 valence electrons. The third-order valence-corrected chi connectivity index (χ3v) is 5.99. The van der Waals surface area contributed by atoms with Gasteiger partial charge in [0.25, 0.3) is 15.9 Å². The van der Waals surface area contributed by atoms with Gasteiger partial charge in [-0.2, -0.15) is 0 Å². The van der Waals surface area contributed by atoms with Gasteiger partial charge < -0.3 is 10.1 Å². The number of amides is 1. The summed E-state index contributed by atoms with van der Waals surface area (Å²) in [5, 5.41) is 3.37. The molecular weight excluding hydrogens is 402 g/mol. The van der Waals surface area contributed by atoms with Gasteiger partial charge in [0.05, 0.1) is 18.1 Å². The summed E-state index contributed by atoms with van der Waals surface area (Å²) >= 11 is 5.80. The minimum Gasteiger partial charge on any atom is -0.379 e. The van der Waals surface area contributed by atoms with Gasteiger partial charge in [0, 0.05) is 42.5 Å².